The van der Waals surface area contributed by atoms with Crippen LogP contribution in [0.1, 0.15) is 11.1 Å². The number of aromatic nitrogens is 3. The second-order valence-corrected chi connectivity index (χ2v) is 15.6. The van der Waals surface area contributed by atoms with Crippen molar-refractivity contribution in [1.29, 1.82) is 5.26 Å². The zero-order chi connectivity index (χ0) is 20.9. The monoisotopic (exact) mass is 425 g/mol. The summed E-state index contributed by atoms with van der Waals surface area (Å²) >= 11 is 1.85. The van der Waals surface area contributed by atoms with E-state index in [0.717, 1.165) is 26.7 Å². The first kappa shape index (κ1) is 17.8. The first-order valence-electron chi connectivity index (χ1n) is 10.1. The molecule has 0 bridgehead atoms. The molecule has 0 aliphatic rings. The van der Waals surface area contributed by atoms with Crippen molar-refractivity contribution < 1.29 is 4.57 Å². The predicted octanol–water partition coefficient (Wildman–Crippen LogP) is 5.00. The minimum atomic E-state index is -1.64. The summed E-state index contributed by atoms with van der Waals surface area (Å²) in [5.41, 5.74) is 6.74. The number of nitrogens with zero attached hydrogens (tertiary/aromatic N) is 4. The van der Waals surface area contributed by atoms with Crippen LogP contribution in [0.25, 0.3) is 48.4 Å². The van der Waals surface area contributed by atoms with Gasteiger partial charge in [0.25, 0.3) is 6.33 Å². The fourth-order valence-electron chi connectivity index (χ4n) is 5.03. The van der Waals surface area contributed by atoms with Crippen LogP contribution in [-0.2, 0) is 7.05 Å². The van der Waals surface area contributed by atoms with E-state index in [1.54, 1.807) is 0 Å². The Morgan fingerprint density at radius 3 is 2.60 bits per heavy atom. The maximum absolute atomic E-state index is 9.99. The van der Waals surface area contributed by atoms with Crippen LogP contribution >= 0.6 is 11.3 Å². The van der Waals surface area contributed by atoms with Crippen molar-refractivity contribution in [2.24, 2.45) is 7.05 Å². The molecule has 0 N–H and O–H groups in total. The molecule has 0 radical (unpaired) electrons. The molecule has 6 rings (SSSR count). The van der Waals surface area contributed by atoms with Crippen LogP contribution in [0.5, 0.6) is 0 Å². The SMILES string of the molecule is Cc1cc(C#N)c2c3ccccc3n3c4c([Si](C)(C)C)sc5nc[n+](C)c(c1c23)c54. The third-order valence-corrected chi connectivity index (χ3v) is 10.8. The van der Waals surface area contributed by atoms with Crippen molar-refractivity contribution in [3.8, 4) is 6.07 Å². The zero-order valence-electron chi connectivity index (χ0n) is 17.7. The Labute approximate surface area is 179 Å². The number of hydrogen-bond donors (Lipinski definition) is 0. The molecular weight excluding hydrogens is 404 g/mol. The largest absolute Gasteiger partial charge is 0.307 e. The highest BCUT2D eigenvalue weighted by atomic mass is 32.1. The van der Waals surface area contributed by atoms with Gasteiger partial charge in [0, 0.05) is 20.7 Å². The van der Waals surface area contributed by atoms with E-state index in [1.165, 1.54) is 37.3 Å². The lowest BCUT2D eigenvalue weighted by Gasteiger charge is -2.17. The van der Waals surface area contributed by atoms with E-state index in [1.807, 2.05) is 17.7 Å². The predicted molar refractivity (Wildman–Crippen MR) is 128 cm³/mol. The molecule has 146 valence electrons. The number of rotatable bonds is 1. The molecule has 4 heterocycles. The molecule has 0 saturated heterocycles. The van der Waals surface area contributed by atoms with Gasteiger partial charge in [-0.15, -0.1) is 0 Å². The van der Waals surface area contributed by atoms with E-state index in [2.05, 4.69) is 79.0 Å². The number of pyridine rings is 1. The van der Waals surface area contributed by atoms with Crippen molar-refractivity contribution in [1.82, 2.24) is 9.38 Å². The number of nitriles is 1. The molecule has 0 atom stereocenters. The van der Waals surface area contributed by atoms with Crippen molar-refractivity contribution in [2.75, 3.05) is 0 Å². The van der Waals surface area contributed by atoms with Crippen molar-refractivity contribution in [3.63, 3.8) is 0 Å². The molecular formula is C24H21N4SSi+. The van der Waals surface area contributed by atoms with Crippen molar-refractivity contribution >= 4 is 72.4 Å². The average molecular weight is 426 g/mol. The standard InChI is InChI=1S/C24H21N4SSi/c1-13-10-14(11-25)18-15-8-6-7-9-16(15)28-21(18)17(13)20-19-22(28)24(30(3,4)5)29-23(19)26-12-27(20)2/h6-10,12H,1-5H3/q+1. The van der Waals surface area contributed by atoms with Crippen LogP contribution in [0.2, 0.25) is 19.6 Å². The molecule has 0 saturated carbocycles. The highest BCUT2D eigenvalue weighted by Crippen LogP contribution is 2.43. The molecule has 6 heteroatoms. The quantitative estimate of drug-likeness (QED) is 0.211. The van der Waals surface area contributed by atoms with E-state index < -0.39 is 8.07 Å². The van der Waals surface area contributed by atoms with Crippen LogP contribution in [0.4, 0.5) is 0 Å². The molecule has 6 aromatic rings. The summed E-state index contributed by atoms with van der Waals surface area (Å²) < 4.78 is 6.06. The van der Waals surface area contributed by atoms with Gasteiger partial charge in [0.1, 0.15) is 5.39 Å². The molecule has 0 aliphatic heterocycles. The summed E-state index contributed by atoms with van der Waals surface area (Å²) in [6, 6.07) is 13.0. The van der Waals surface area contributed by atoms with Gasteiger partial charge < -0.3 is 4.40 Å². The van der Waals surface area contributed by atoms with E-state index >= 15 is 0 Å². The van der Waals surface area contributed by atoms with Gasteiger partial charge in [-0.1, -0.05) is 49.2 Å². The fourth-order valence-corrected chi connectivity index (χ4v) is 8.37. The maximum Gasteiger partial charge on any atom is 0.288 e. The summed E-state index contributed by atoms with van der Waals surface area (Å²) in [5, 5.41) is 14.7. The number of hydrogen-bond acceptors (Lipinski definition) is 3. The maximum atomic E-state index is 9.99. The highest BCUT2D eigenvalue weighted by Gasteiger charge is 2.32. The van der Waals surface area contributed by atoms with Crippen LogP contribution in [0.15, 0.2) is 36.7 Å². The first-order valence-corrected chi connectivity index (χ1v) is 14.4. The lowest BCUT2D eigenvalue weighted by molar-refractivity contribution is -0.646. The van der Waals surface area contributed by atoms with Gasteiger partial charge in [-0.05, 0) is 29.6 Å². The number of thiophene rings is 1. The van der Waals surface area contributed by atoms with Crippen LogP contribution in [-0.4, -0.2) is 17.5 Å². The van der Waals surface area contributed by atoms with Crippen LogP contribution < -0.4 is 9.07 Å². The molecule has 4 nitrogen and oxygen atoms in total. The molecule has 0 amide bonds. The Morgan fingerprint density at radius 1 is 1.10 bits per heavy atom. The highest BCUT2D eigenvalue weighted by molar-refractivity contribution is 7.32. The Kier molecular flexibility index (Phi) is 3.31. The Balaban J connectivity index is 2.14. The smallest absolute Gasteiger partial charge is 0.288 e. The zero-order valence-corrected chi connectivity index (χ0v) is 19.5. The minimum Gasteiger partial charge on any atom is -0.307 e. The Morgan fingerprint density at radius 2 is 1.87 bits per heavy atom. The van der Waals surface area contributed by atoms with Crippen LogP contribution in [0, 0.1) is 18.3 Å². The summed E-state index contributed by atoms with van der Waals surface area (Å²) in [5.74, 6) is 0. The molecule has 0 fully saturated rings. The molecule has 4 aromatic heterocycles. The van der Waals surface area contributed by atoms with Crippen molar-refractivity contribution in [3.05, 3.63) is 47.8 Å². The minimum absolute atomic E-state index is 0.752. The van der Waals surface area contributed by atoms with E-state index in [9.17, 15) is 5.26 Å². The van der Waals surface area contributed by atoms with Crippen LogP contribution in [0.3, 0.4) is 0 Å². The van der Waals surface area contributed by atoms with Crippen molar-refractivity contribution in [2.45, 2.75) is 26.6 Å². The van der Waals surface area contributed by atoms with Gasteiger partial charge in [0.15, 0.2) is 5.52 Å². The summed E-state index contributed by atoms with van der Waals surface area (Å²) in [6.07, 6.45) is 1.94. The Bertz CT molecular complexity index is 1710. The number of aryl methyl sites for hydroxylation is 2. The van der Waals surface area contributed by atoms with E-state index in [-0.39, 0.29) is 0 Å². The number of benzene rings is 2. The molecule has 0 unspecified atom stereocenters. The van der Waals surface area contributed by atoms with Gasteiger partial charge in [-0.2, -0.15) is 5.26 Å². The lowest BCUT2D eigenvalue weighted by Crippen LogP contribution is -2.36. The third kappa shape index (κ3) is 1.99. The molecule has 2 aromatic carbocycles. The van der Waals surface area contributed by atoms with E-state index in [0.29, 0.717) is 0 Å². The first-order chi connectivity index (χ1) is 14.3. The van der Waals surface area contributed by atoms with Gasteiger partial charge >= 0.3 is 0 Å². The number of fused-ring (bicyclic) bond motifs is 5. The summed E-state index contributed by atoms with van der Waals surface area (Å²) in [4.78, 5) is 5.93. The van der Waals surface area contributed by atoms with Gasteiger partial charge in [0.05, 0.1) is 43.3 Å². The fraction of sp³-hybridized carbons (Fsp3) is 0.208. The topological polar surface area (TPSA) is 45.0 Å². The average Bonchev–Trinajstić information content (AvgIpc) is 3.25. The second-order valence-electron chi connectivity index (χ2n) is 9.22. The van der Waals surface area contributed by atoms with Gasteiger partial charge in [0.2, 0.25) is 4.83 Å². The molecule has 0 spiro atoms. The summed E-state index contributed by atoms with van der Waals surface area (Å²) in [6.45, 7) is 9.34. The third-order valence-electron chi connectivity index (χ3n) is 6.20. The number of para-hydroxylation sites is 1. The molecule has 30 heavy (non-hydrogen) atoms. The molecule has 0 aliphatic carbocycles. The Hall–Kier alpha value is -3.01. The normalized spacial score (nSPS) is 12.8. The van der Waals surface area contributed by atoms with Gasteiger partial charge in [-0.3, -0.25) is 0 Å². The lowest BCUT2D eigenvalue weighted by atomic mass is 9.99. The second kappa shape index (κ2) is 5.57. The summed E-state index contributed by atoms with van der Waals surface area (Å²) in [7, 11) is 0.444. The van der Waals surface area contributed by atoms with Gasteiger partial charge in [-0.25, -0.2) is 4.57 Å². The van der Waals surface area contributed by atoms with E-state index in [4.69, 9.17) is 4.98 Å².